The number of carbonyl (C=O) groups excluding carboxylic acids is 2. The molecule has 0 aromatic heterocycles. The van der Waals surface area contributed by atoms with E-state index in [4.69, 9.17) is 4.74 Å². The molecule has 1 aliphatic rings. The first kappa shape index (κ1) is 18.5. The minimum atomic E-state index is -0.512. The Labute approximate surface area is 144 Å². The lowest BCUT2D eigenvalue weighted by Crippen LogP contribution is -2.50. The van der Waals surface area contributed by atoms with Gasteiger partial charge in [0.25, 0.3) is 0 Å². The normalized spacial score (nSPS) is 18.4. The molecule has 1 aromatic rings. The number of hydrogen-bond acceptors (Lipinski definition) is 3. The summed E-state index contributed by atoms with van der Waals surface area (Å²) >= 11 is 0. The quantitative estimate of drug-likeness (QED) is 0.834. The number of ether oxygens (including phenoxy) is 1. The van der Waals surface area contributed by atoms with E-state index in [-0.39, 0.29) is 23.8 Å². The molecule has 0 unspecified atom stereocenters. The van der Waals surface area contributed by atoms with Crippen LogP contribution in [-0.2, 0) is 20.9 Å². The standard InChI is InChI=1S/C19H28N2O3/c1-14(2)19(23)21(13-16-8-5-4-6-9-16)15(3)18(22)20-12-17-10-7-11-24-17/h4-6,8-9,14-15,17H,7,10-13H2,1-3H3,(H,20,22)/t15-,17-/m1/s1. The number of benzene rings is 1. The minimum absolute atomic E-state index is 0.0152. The predicted octanol–water partition coefficient (Wildman–Crippen LogP) is 2.35. The van der Waals surface area contributed by atoms with E-state index in [2.05, 4.69) is 5.32 Å². The molecule has 1 aliphatic heterocycles. The van der Waals surface area contributed by atoms with Gasteiger partial charge in [-0.05, 0) is 25.3 Å². The number of carbonyl (C=O) groups is 2. The van der Waals surface area contributed by atoms with Crippen LogP contribution in [0.5, 0.6) is 0 Å². The summed E-state index contributed by atoms with van der Waals surface area (Å²) in [5.74, 6) is -0.295. The molecule has 2 atom stereocenters. The van der Waals surface area contributed by atoms with Crippen LogP contribution in [0.4, 0.5) is 0 Å². The maximum absolute atomic E-state index is 12.6. The largest absolute Gasteiger partial charge is 0.376 e. The highest BCUT2D eigenvalue weighted by Gasteiger charge is 2.28. The smallest absolute Gasteiger partial charge is 0.242 e. The van der Waals surface area contributed by atoms with Crippen molar-refractivity contribution in [1.29, 1.82) is 0 Å². The van der Waals surface area contributed by atoms with Crippen molar-refractivity contribution in [3.8, 4) is 0 Å². The molecule has 1 fully saturated rings. The first-order valence-corrected chi connectivity index (χ1v) is 8.72. The van der Waals surface area contributed by atoms with E-state index in [1.807, 2.05) is 44.2 Å². The van der Waals surface area contributed by atoms with Crippen LogP contribution in [0.25, 0.3) is 0 Å². The summed E-state index contributed by atoms with van der Waals surface area (Å²) in [4.78, 5) is 26.7. The molecule has 24 heavy (non-hydrogen) atoms. The fourth-order valence-corrected chi connectivity index (χ4v) is 2.83. The molecule has 0 radical (unpaired) electrons. The van der Waals surface area contributed by atoms with Gasteiger partial charge < -0.3 is 15.0 Å². The molecule has 2 amide bonds. The molecule has 5 nitrogen and oxygen atoms in total. The molecule has 5 heteroatoms. The first-order chi connectivity index (χ1) is 11.5. The maximum Gasteiger partial charge on any atom is 0.242 e. The molecule has 1 N–H and O–H groups in total. The van der Waals surface area contributed by atoms with E-state index < -0.39 is 6.04 Å². The average molecular weight is 332 g/mol. The lowest BCUT2D eigenvalue weighted by atomic mass is 10.1. The Hall–Kier alpha value is -1.88. The van der Waals surface area contributed by atoms with Crippen molar-refractivity contribution in [3.63, 3.8) is 0 Å². The predicted molar refractivity (Wildman–Crippen MR) is 93.3 cm³/mol. The molecule has 0 aliphatic carbocycles. The van der Waals surface area contributed by atoms with E-state index >= 15 is 0 Å². The summed E-state index contributed by atoms with van der Waals surface area (Å²) in [6.45, 7) is 7.22. The van der Waals surface area contributed by atoms with E-state index in [1.54, 1.807) is 11.8 Å². The van der Waals surface area contributed by atoms with E-state index in [9.17, 15) is 9.59 Å². The van der Waals surface area contributed by atoms with Crippen molar-refractivity contribution in [1.82, 2.24) is 10.2 Å². The molecule has 0 bridgehead atoms. The monoisotopic (exact) mass is 332 g/mol. The average Bonchev–Trinajstić information content (AvgIpc) is 3.10. The number of rotatable bonds is 7. The van der Waals surface area contributed by atoms with E-state index in [0.29, 0.717) is 13.1 Å². The van der Waals surface area contributed by atoms with Gasteiger partial charge in [-0.3, -0.25) is 9.59 Å². The molecule has 1 saturated heterocycles. The van der Waals surface area contributed by atoms with Gasteiger partial charge in [0.2, 0.25) is 11.8 Å². The van der Waals surface area contributed by atoms with Crippen molar-refractivity contribution < 1.29 is 14.3 Å². The van der Waals surface area contributed by atoms with Gasteiger partial charge in [0, 0.05) is 25.6 Å². The van der Waals surface area contributed by atoms with Gasteiger partial charge in [0.15, 0.2) is 0 Å². The Morgan fingerprint density at radius 3 is 2.54 bits per heavy atom. The third-order valence-corrected chi connectivity index (χ3v) is 4.35. The molecule has 1 heterocycles. The van der Waals surface area contributed by atoms with Crippen molar-refractivity contribution in [2.45, 2.75) is 52.3 Å². The maximum atomic E-state index is 12.6. The van der Waals surface area contributed by atoms with Gasteiger partial charge in [-0.25, -0.2) is 0 Å². The van der Waals surface area contributed by atoms with Crippen molar-refractivity contribution in [3.05, 3.63) is 35.9 Å². The van der Waals surface area contributed by atoms with Gasteiger partial charge in [0.05, 0.1) is 6.10 Å². The molecule has 132 valence electrons. The molecular weight excluding hydrogens is 304 g/mol. The molecule has 0 spiro atoms. The zero-order valence-electron chi connectivity index (χ0n) is 14.8. The van der Waals surface area contributed by atoms with Crippen LogP contribution in [0.1, 0.15) is 39.2 Å². The summed E-state index contributed by atoms with van der Waals surface area (Å²) in [5, 5.41) is 2.93. The van der Waals surface area contributed by atoms with Crippen molar-refractivity contribution >= 4 is 11.8 Å². The van der Waals surface area contributed by atoms with Crippen molar-refractivity contribution in [2.24, 2.45) is 5.92 Å². The lowest BCUT2D eigenvalue weighted by molar-refractivity contribution is -0.143. The minimum Gasteiger partial charge on any atom is -0.376 e. The van der Waals surface area contributed by atoms with Crippen LogP contribution >= 0.6 is 0 Å². The van der Waals surface area contributed by atoms with Crippen LogP contribution in [-0.4, -0.2) is 42.0 Å². The third kappa shape index (κ3) is 5.06. The van der Waals surface area contributed by atoms with Gasteiger partial charge in [-0.1, -0.05) is 44.2 Å². The van der Waals surface area contributed by atoms with Gasteiger partial charge in [-0.15, -0.1) is 0 Å². The molecule has 1 aromatic carbocycles. The van der Waals surface area contributed by atoms with Gasteiger partial charge in [0.1, 0.15) is 6.04 Å². The Bertz CT molecular complexity index is 539. The lowest BCUT2D eigenvalue weighted by Gasteiger charge is -2.30. The second kappa shape index (κ2) is 8.83. The summed E-state index contributed by atoms with van der Waals surface area (Å²) < 4.78 is 5.53. The fourth-order valence-electron chi connectivity index (χ4n) is 2.83. The summed E-state index contributed by atoms with van der Waals surface area (Å²) in [6.07, 6.45) is 2.12. The van der Waals surface area contributed by atoms with Crippen LogP contribution in [0.3, 0.4) is 0 Å². The SMILES string of the molecule is CC(C)C(=O)N(Cc1ccccc1)[C@H](C)C(=O)NC[C@H]1CCCO1. The molecule has 2 rings (SSSR count). The van der Waals surface area contributed by atoms with Crippen LogP contribution in [0, 0.1) is 5.92 Å². The van der Waals surface area contributed by atoms with Crippen LogP contribution in [0.15, 0.2) is 30.3 Å². The zero-order chi connectivity index (χ0) is 17.5. The number of amides is 2. The topological polar surface area (TPSA) is 58.6 Å². The van der Waals surface area contributed by atoms with Crippen molar-refractivity contribution in [2.75, 3.05) is 13.2 Å². The highest BCUT2D eigenvalue weighted by molar-refractivity contribution is 5.88. The zero-order valence-corrected chi connectivity index (χ0v) is 14.8. The first-order valence-electron chi connectivity index (χ1n) is 8.72. The molecular formula is C19H28N2O3. The number of nitrogens with zero attached hydrogens (tertiary/aromatic N) is 1. The fraction of sp³-hybridized carbons (Fsp3) is 0.579. The Kier molecular flexibility index (Phi) is 6.79. The summed E-state index contributed by atoms with van der Waals surface area (Å²) in [6, 6.07) is 9.25. The highest BCUT2D eigenvalue weighted by Crippen LogP contribution is 2.14. The summed E-state index contributed by atoms with van der Waals surface area (Å²) in [5.41, 5.74) is 1.02. The van der Waals surface area contributed by atoms with Gasteiger partial charge >= 0.3 is 0 Å². The van der Waals surface area contributed by atoms with Gasteiger partial charge in [-0.2, -0.15) is 0 Å². The Balaban J connectivity index is 2.01. The summed E-state index contributed by atoms with van der Waals surface area (Å²) in [7, 11) is 0. The number of hydrogen-bond donors (Lipinski definition) is 1. The Morgan fingerprint density at radius 2 is 1.96 bits per heavy atom. The van der Waals surface area contributed by atoms with E-state index in [1.165, 1.54) is 0 Å². The molecule has 0 saturated carbocycles. The van der Waals surface area contributed by atoms with Crippen LogP contribution in [0.2, 0.25) is 0 Å². The third-order valence-electron chi connectivity index (χ3n) is 4.35. The van der Waals surface area contributed by atoms with E-state index in [0.717, 1.165) is 25.0 Å². The second-order valence-electron chi connectivity index (χ2n) is 6.66. The van der Waals surface area contributed by atoms with Crippen LogP contribution < -0.4 is 5.32 Å². The Morgan fingerprint density at radius 1 is 1.25 bits per heavy atom. The number of nitrogens with one attached hydrogen (secondary N) is 1. The highest BCUT2D eigenvalue weighted by atomic mass is 16.5. The second-order valence-corrected chi connectivity index (χ2v) is 6.66.